The van der Waals surface area contributed by atoms with Gasteiger partial charge < -0.3 is 10.1 Å². The number of anilines is 1. The van der Waals surface area contributed by atoms with Crippen molar-refractivity contribution in [2.24, 2.45) is 0 Å². The molecule has 4 rings (SSSR count). The van der Waals surface area contributed by atoms with E-state index < -0.39 is 34.3 Å². The summed E-state index contributed by atoms with van der Waals surface area (Å²) in [7, 11) is 0. The van der Waals surface area contributed by atoms with Crippen molar-refractivity contribution in [2.75, 3.05) is 11.9 Å². The van der Waals surface area contributed by atoms with Gasteiger partial charge in [0.25, 0.3) is 16.8 Å². The number of nitrogens with zero attached hydrogens (tertiary/aromatic N) is 2. The van der Waals surface area contributed by atoms with Gasteiger partial charge in [0.2, 0.25) is 5.91 Å². The predicted molar refractivity (Wildman–Crippen MR) is 132 cm³/mol. The maximum atomic E-state index is 13.3. The Kier molecular flexibility index (Phi) is 7.40. The van der Waals surface area contributed by atoms with Crippen LogP contribution in [0, 0.1) is 15.9 Å². The summed E-state index contributed by atoms with van der Waals surface area (Å²) in [5, 5.41) is 12.8. The summed E-state index contributed by atoms with van der Waals surface area (Å²) in [5.41, 5.74) is 1.25. The van der Waals surface area contributed by atoms with E-state index in [1.807, 2.05) is 0 Å². The Morgan fingerprint density at radius 2 is 1.86 bits per heavy atom. The molecule has 3 aromatic carbocycles. The average molecular weight is 507 g/mol. The van der Waals surface area contributed by atoms with Gasteiger partial charge in [-0.1, -0.05) is 36.4 Å². The standard InChI is InChI=1S/C25H18FN3O6S/c26-18-7-4-8-19(13-18)27-23(30)14-28-24(31)22(36-25(28)32)12-17-6-1-2-10-21(17)35-15-16-5-3-9-20(11-16)29(33)34/h1-13H,14-15H2,(H,27,30)/b22-12+. The normalized spacial score (nSPS) is 14.2. The average Bonchev–Trinajstić information content (AvgIpc) is 3.11. The number of carbonyl (C=O) groups excluding carboxylic acids is 3. The second-order valence-corrected chi connectivity index (χ2v) is 8.57. The number of hydrogen-bond acceptors (Lipinski definition) is 7. The fourth-order valence-corrected chi connectivity index (χ4v) is 4.17. The van der Waals surface area contributed by atoms with E-state index in [1.165, 1.54) is 36.4 Å². The van der Waals surface area contributed by atoms with Crippen LogP contribution in [0.15, 0.2) is 77.7 Å². The van der Waals surface area contributed by atoms with Crippen molar-refractivity contribution in [1.29, 1.82) is 0 Å². The van der Waals surface area contributed by atoms with Gasteiger partial charge in [0.15, 0.2) is 0 Å². The number of rotatable bonds is 8. The molecule has 1 saturated heterocycles. The first-order chi connectivity index (χ1) is 17.3. The van der Waals surface area contributed by atoms with E-state index in [0.29, 0.717) is 28.6 Å². The van der Waals surface area contributed by atoms with Gasteiger partial charge >= 0.3 is 0 Å². The van der Waals surface area contributed by atoms with Crippen molar-refractivity contribution in [3.63, 3.8) is 0 Å². The minimum atomic E-state index is -0.648. The number of halogens is 1. The molecule has 0 unspecified atom stereocenters. The molecule has 1 fully saturated rings. The van der Waals surface area contributed by atoms with Crippen molar-refractivity contribution in [3.05, 3.63) is 105 Å². The van der Waals surface area contributed by atoms with Gasteiger partial charge in [-0.15, -0.1) is 0 Å². The van der Waals surface area contributed by atoms with Gasteiger partial charge in [-0.3, -0.25) is 29.4 Å². The smallest absolute Gasteiger partial charge is 0.294 e. The van der Waals surface area contributed by atoms with E-state index >= 15 is 0 Å². The zero-order chi connectivity index (χ0) is 25.7. The molecule has 3 amide bonds. The molecule has 11 heteroatoms. The number of para-hydroxylation sites is 1. The minimum Gasteiger partial charge on any atom is -0.488 e. The molecule has 3 aromatic rings. The van der Waals surface area contributed by atoms with E-state index in [0.717, 1.165) is 11.0 Å². The van der Waals surface area contributed by atoms with Crippen LogP contribution in [-0.2, 0) is 16.2 Å². The summed E-state index contributed by atoms with van der Waals surface area (Å²) in [6.45, 7) is -0.474. The fourth-order valence-electron chi connectivity index (χ4n) is 3.34. The molecule has 1 aliphatic rings. The Labute approximate surface area is 208 Å². The number of imide groups is 1. The number of carbonyl (C=O) groups is 3. The van der Waals surface area contributed by atoms with Crippen molar-refractivity contribution in [1.82, 2.24) is 4.90 Å². The third-order valence-electron chi connectivity index (χ3n) is 5.01. The molecule has 0 bridgehead atoms. The SMILES string of the molecule is O=C(CN1C(=O)S/C(=C/c2ccccc2OCc2cccc([N+](=O)[O-])c2)C1=O)Nc1cccc(F)c1. The number of ether oxygens (including phenoxy) is 1. The van der Waals surface area contributed by atoms with E-state index in [1.54, 1.807) is 36.4 Å². The van der Waals surface area contributed by atoms with E-state index in [4.69, 9.17) is 4.74 Å². The molecule has 0 radical (unpaired) electrons. The van der Waals surface area contributed by atoms with Crippen molar-refractivity contribution in [3.8, 4) is 5.75 Å². The number of nitro benzene ring substituents is 1. The Morgan fingerprint density at radius 3 is 2.64 bits per heavy atom. The molecule has 0 aliphatic carbocycles. The number of thioether (sulfide) groups is 1. The van der Waals surface area contributed by atoms with Gasteiger partial charge in [0.1, 0.15) is 24.7 Å². The van der Waals surface area contributed by atoms with Crippen molar-refractivity contribution in [2.45, 2.75) is 6.61 Å². The van der Waals surface area contributed by atoms with Crippen LogP contribution in [0.2, 0.25) is 0 Å². The molecule has 1 N–H and O–H groups in total. The second kappa shape index (κ2) is 10.8. The van der Waals surface area contributed by atoms with Crippen LogP contribution in [0.3, 0.4) is 0 Å². The lowest BCUT2D eigenvalue weighted by Crippen LogP contribution is -2.36. The number of non-ortho nitro benzene ring substituents is 1. The minimum absolute atomic E-state index is 0.0499. The monoisotopic (exact) mass is 507 g/mol. The third-order valence-corrected chi connectivity index (χ3v) is 5.91. The largest absolute Gasteiger partial charge is 0.488 e. The Hall–Kier alpha value is -4.51. The highest BCUT2D eigenvalue weighted by atomic mass is 32.2. The zero-order valence-electron chi connectivity index (χ0n) is 18.5. The van der Waals surface area contributed by atoms with Crippen LogP contribution in [-0.4, -0.2) is 33.4 Å². The predicted octanol–water partition coefficient (Wildman–Crippen LogP) is 4.99. The lowest BCUT2D eigenvalue weighted by molar-refractivity contribution is -0.384. The Bertz CT molecular complexity index is 1390. The highest BCUT2D eigenvalue weighted by molar-refractivity contribution is 8.18. The van der Waals surface area contributed by atoms with Crippen LogP contribution < -0.4 is 10.1 Å². The van der Waals surface area contributed by atoms with Gasteiger partial charge in [0.05, 0.1) is 9.83 Å². The summed E-state index contributed by atoms with van der Waals surface area (Å²) in [4.78, 5) is 48.9. The van der Waals surface area contributed by atoms with Gasteiger partial charge in [0, 0.05) is 23.4 Å². The molecule has 1 aliphatic heterocycles. The van der Waals surface area contributed by atoms with Gasteiger partial charge in [-0.05, 0) is 47.7 Å². The highest BCUT2D eigenvalue weighted by Gasteiger charge is 2.36. The zero-order valence-corrected chi connectivity index (χ0v) is 19.4. The number of nitro groups is 1. The number of nitrogens with one attached hydrogen (secondary N) is 1. The summed E-state index contributed by atoms with van der Waals surface area (Å²) in [5.74, 6) is -1.43. The number of hydrogen-bond donors (Lipinski definition) is 1. The lowest BCUT2D eigenvalue weighted by atomic mass is 10.1. The van der Waals surface area contributed by atoms with E-state index in [9.17, 15) is 28.9 Å². The molecule has 36 heavy (non-hydrogen) atoms. The van der Waals surface area contributed by atoms with Gasteiger partial charge in [-0.25, -0.2) is 4.39 Å². The molecule has 1 heterocycles. The first-order valence-electron chi connectivity index (χ1n) is 10.6. The first kappa shape index (κ1) is 24.6. The highest BCUT2D eigenvalue weighted by Crippen LogP contribution is 2.34. The topological polar surface area (TPSA) is 119 Å². The molecule has 0 saturated carbocycles. The number of benzene rings is 3. The molecule has 182 valence electrons. The molecular formula is C25H18FN3O6S. The van der Waals surface area contributed by atoms with Gasteiger partial charge in [-0.2, -0.15) is 0 Å². The van der Waals surface area contributed by atoms with Crippen LogP contribution in [0.5, 0.6) is 5.75 Å². The third kappa shape index (κ3) is 5.94. The maximum absolute atomic E-state index is 13.3. The molecule has 0 atom stereocenters. The molecule has 0 aromatic heterocycles. The van der Waals surface area contributed by atoms with Crippen LogP contribution in [0.4, 0.5) is 20.6 Å². The summed E-state index contributed by atoms with van der Waals surface area (Å²) >= 11 is 0.684. The van der Waals surface area contributed by atoms with E-state index in [-0.39, 0.29) is 22.9 Å². The van der Waals surface area contributed by atoms with Crippen LogP contribution >= 0.6 is 11.8 Å². The summed E-state index contributed by atoms with van der Waals surface area (Å²) < 4.78 is 19.1. The molecule has 9 nitrogen and oxygen atoms in total. The van der Waals surface area contributed by atoms with Crippen LogP contribution in [0.25, 0.3) is 6.08 Å². The van der Waals surface area contributed by atoms with Crippen molar-refractivity contribution >= 4 is 46.3 Å². The second-order valence-electron chi connectivity index (χ2n) is 7.58. The Morgan fingerprint density at radius 1 is 1.08 bits per heavy atom. The summed E-state index contributed by atoms with van der Waals surface area (Å²) in [6.07, 6.45) is 1.48. The molecule has 0 spiro atoms. The first-order valence-corrected chi connectivity index (χ1v) is 11.4. The summed E-state index contributed by atoms with van der Waals surface area (Å²) in [6, 6.07) is 18.1. The Balaban J connectivity index is 1.45. The van der Waals surface area contributed by atoms with Crippen LogP contribution in [0.1, 0.15) is 11.1 Å². The molecular weight excluding hydrogens is 489 g/mol. The fraction of sp³-hybridized carbons (Fsp3) is 0.0800. The quantitative estimate of drug-likeness (QED) is 0.259. The van der Waals surface area contributed by atoms with Crippen molar-refractivity contribution < 1.29 is 28.4 Å². The lowest BCUT2D eigenvalue weighted by Gasteiger charge is -2.12. The number of amides is 3. The van der Waals surface area contributed by atoms with E-state index in [2.05, 4.69) is 5.32 Å². The maximum Gasteiger partial charge on any atom is 0.294 e.